The molecular formula is C25H24N4O3. The molecule has 0 radical (unpaired) electrons. The first kappa shape index (κ1) is 20.1. The molecule has 0 saturated carbocycles. The summed E-state index contributed by atoms with van der Waals surface area (Å²) in [7, 11) is 0. The van der Waals surface area contributed by atoms with Crippen molar-refractivity contribution in [2.45, 2.75) is 26.3 Å². The number of benzene rings is 2. The van der Waals surface area contributed by atoms with Crippen LogP contribution in [0.1, 0.15) is 29.7 Å². The van der Waals surface area contributed by atoms with Gasteiger partial charge < -0.3 is 4.90 Å². The number of aryl methyl sites for hydroxylation is 1. The minimum atomic E-state index is -0.417. The van der Waals surface area contributed by atoms with Crippen molar-refractivity contribution >= 4 is 17.4 Å². The summed E-state index contributed by atoms with van der Waals surface area (Å²) in [6.07, 6.45) is 1.91. The lowest BCUT2D eigenvalue weighted by Gasteiger charge is -2.20. The van der Waals surface area contributed by atoms with Gasteiger partial charge in [-0.05, 0) is 37.5 Å². The van der Waals surface area contributed by atoms with Crippen LogP contribution >= 0.6 is 0 Å². The van der Waals surface area contributed by atoms with Gasteiger partial charge in [0.25, 0.3) is 17.4 Å². The second-order valence-corrected chi connectivity index (χ2v) is 8.19. The predicted molar refractivity (Wildman–Crippen MR) is 121 cm³/mol. The molecule has 7 nitrogen and oxygen atoms in total. The summed E-state index contributed by atoms with van der Waals surface area (Å²) < 4.78 is 1.43. The van der Waals surface area contributed by atoms with Gasteiger partial charge in [-0.15, -0.1) is 0 Å². The molecule has 3 aromatic rings. The maximum absolute atomic E-state index is 13.6. The summed E-state index contributed by atoms with van der Waals surface area (Å²) >= 11 is 0. The highest BCUT2D eigenvalue weighted by Crippen LogP contribution is 2.34. The minimum Gasteiger partial charge on any atom is -0.366 e. The quantitative estimate of drug-likeness (QED) is 0.634. The van der Waals surface area contributed by atoms with Crippen molar-refractivity contribution in [3.8, 4) is 5.69 Å². The average Bonchev–Trinajstić information content (AvgIpc) is 3.49. The van der Waals surface area contributed by atoms with E-state index in [1.165, 1.54) is 9.58 Å². The Kier molecular flexibility index (Phi) is 5.01. The minimum absolute atomic E-state index is 0.176. The van der Waals surface area contributed by atoms with Crippen LogP contribution in [0.3, 0.4) is 0 Å². The number of amides is 2. The Hall–Kier alpha value is -3.87. The Labute approximate surface area is 185 Å². The van der Waals surface area contributed by atoms with E-state index in [-0.39, 0.29) is 29.1 Å². The normalized spacial score (nSPS) is 16.5. The molecule has 2 amide bonds. The van der Waals surface area contributed by atoms with Gasteiger partial charge in [-0.25, -0.2) is 4.68 Å². The topological polar surface area (TPSA) is 78.4 Å². The molecule has 7 heteroatoms. The first-order chi connectivity index (χ1) is 15.6. The third-order valence-corrected chi connectivity index (χ3v) is 6.09. The van der Waals surface area contributed by atoms with E-state index >= 15 is 0 Å². The summed E-state index contributed by atoms with van der Waals surface area (Å²) in [5.74, 6) is -0.748. The highest BCUT2D eigenvalue weighted by atomic mass is 16.2. The molecule has 5 rings (SSSR count). The van der Waals surface area contributed by atoms with Gasteiger partial charge >= 0.3 is 0 Å². The average molecular weight is 428 g/mol. The molecule has 0 bridgehead atoms. The van der Waals surface area contributed by atoms with Gasteiger partial charge in [0.2, 0.25) is 0 Å². The number of hydrogen-bond donors (Lipinski definition) is 1. The van der Waals surface area contributed by atoms with Crippen LogP contribution in [0, 0.1) is 6.92 Å². The zero-order chi connectivity index (χ0) is 22.2. The number of likely N-dealkylation sites (tertiary alicyclic amines) is 1. The molecule has 0 aliphatic carbocycles. The standard InChI is InChI=1S/C25H24N4O3/c1-17-20(24(31)29(26-17)19-12-6-3-7-13-19)21-22(27-14-8-9-15-27)25(32)28(23(21)30)16-18-10-4-2-5-11-18/h2-7,10-13,26H,8-9,14-16H2,1H3. The molecule has 1 saturated heterocycles. The fourth-order valence-electron chi connectivity index (χ4n) is 4.53. The molecule has 2 aliphatic heterocycles. The van der Waals surface area contributed by atoms with Crippen LogP contribution in [-0.2, 0) is 16.1 Å². The summed E-state index contributed by atoms with van der Waals surface area (Å²) in [6, 6.07) is 18.6. The van der Waals surface area contributed by atoms with Crippen molar-refractivity contribution in [2.24, 2.45) is 0 Å². The SMILES string of the molecule is Cc1[nH]n(-c2ccccc2)c(=O)c1C1=C(N2CCCC2)C(=O)N(Cc2ccccc2)C1=O. The number of aromatic amines is 1. The van der Waals surface area contributed by atoms with E-state index in [4.69, 9.17) is 0 Å². The molecule has 0 atom stereocenters. The number of rotatable bonds is 5. The van der Waals surface area contributed by atoms with Crippen molar-refractivity contribution in [3.63, 3.8) is 0 Å². The highest BCUT2D eigenvalue weighted by Gasteiger charge is 2.44. The third kappa shape index (κ3) is 3.26. The van der Waals surface area contributed by atoms with Crippen molar-refractivity contribution < 1.29 is 9.59 Å². The van der Waals surface area contributed by atoms with Crippen LogP contribution < -0.4 is 5.56 Å². The Morgan fingerprint density at radius 1 is 0.844 bits per heavy atom. The molecule has 162 valence electrons. The van der Waals surface area contributed by atoms with E-state index in [0.29, 0.717) is 30.2 Å². The van der Waals surface area contributed by atoms with E-state index in [0.717, 1.165) is 18.4 Å². The van der Waals surface area contributed by atoms with Gasteiger partial charge in [-0.1, -0.05) is 48.5 Å². The van der Waals surface area contributed by atoms with E-state index < -0.39 is 5.91 Å². The fourth-order valence-corrected chi connectivity index (χ4v) is 4.53. The molecule has 2 aromatic carbocycles. The van der Waals surface area contributed by atoms with Crippen molar-refractivity contribution in [3.05, 3.63) is 93.5 Å². The van der Waals surface area contributed by atoms with Crippen LogP contribution in [0.15, 0.2) is 71.2 Å². The summed E-state index contributed by atoms with van der Waals surface area (Å²) in [5.41, 5.74) is 2.60. The Morgan fingerprint density at radius 2 is 1.47 bits per heavy atom. The summed E-state index contributed by atoms with van der Waals surface area (Å²) in [4.78, 5) is 43.7. The van der Waals surface area contributed by atoms with E-state index in [2.05, 4.69) is 5.10 Å². The second-order valence-electron chi connectivity index (χ2n) is 8.19. The third-order valence-electron chi connectivity index (χ3n) is 6.09. The highest BCUT2D eigenvalue weighted by molar-refractivity contribution is 6.35. The van der Waals surface area contributed by atoms with E-state index in [1.807, 2.05) is 65.6 Å². The number of carbonyl (C=O) groups is 2. The number of para-hydroxylation sites is 1. The van der Waals surface area contributed by atoms with E-state index in [9.17, 15) is 14.4 Å². The second kappa shape index (κ2) is 8.00. The lowest BCUT2D eigenvalue weighted by molar-refractivity contribution is -0.138. The number of nitrogens with zero attached hydrogens (tertiary/aromatic N) is 3. The number of imide groups is 1. The van der Waals surface area contributed by atoms with Crippen molar-refractivity contribution in [1.82, 2.24) is 19.6 Å². The first-order valence-electron chi connectivity index (χ1n) is 10.8. The maximum atomic E-state index is 13.6. The smallest absolute Gasteiger partial charge is 0.279 e. The largest absolute Gasteiger partial charge is 0.366 e. The molecule has 0 unspecified atom stereocenters. The summed E-state index contributed by atoms with van der Waals surface area (Å²) in [5, 5.41) is 3.09. The Balaban J connectivity index is 1.63. The number of hydrogen-bond acceptors (Lipinski definition) is 4. The first-order valence-corrected chi connectivity index (χ1v) is 10.8. The molecule has 0 spiro atoms. The fraction of sp³-hybridized carbons (Fsp3) is 0.240. The van der Waals surface area contributed by atoms with Gasteiger partial charge in [-0.3, -0.25) is 24.4 Å². The van der Waals surface area contributed by atoms with Crippen LogP contribution in [0.5, 0.6) is 0 Å². The molecule has 2 aliphatic rings. The zero-order valence-electron chi connectivity index (χ0n) is 17.9. The van der Waals surface area contributed by atoms with Crippen LogP contribution in [0.2, 0.25) is 0 Å². The number of H-pyrrole nitrogens is 1. The Morgan fingerprint density at radius 3 is 2.12 bits per heavy atom. The monoisotopic (exact) mass is 428 g/mol. The van der Waals surface area contributed by atoms with Gasteiger partial charge in [0.1, 0.15) is 5.70 Å². The zero-order valence-corrected chi connectivity index (χ0v) is 17.9. The molecule has 32 heavy (non-hydrogen) atoms. The molecule has 1 N–H and O–H groups in total. The molecule has 3 heterocycles. The van der Waals surface area contributed by atoms with Gasteiger partial charge in [0, 0.05) is 18.8 Å². The number of nitrogens with one attached hydrogen (secondary N) is 1. The van der Waals surface area contributed by atoms with Crippen LogP contribution in [-0.4, -0.2) is 44.5 Å². The Bertz CT molecular complexity index is 1270. The molecule has 1 fully saturated rings. The van der Waals surface area contributed by atoms with Crippen LogP contribution in [0.25, 0.3) is 11.3 Å². The van der Waals surface area contributed by atoms with Crippen molar-refractivity contribution in [2.75, 3.05) is 13.1 Å². The van der Waals surface area contributed by atoms with Gasteiger partial charge in [-0.2, -0.15) is 0 Å². The molecule has 1 aromatic heterocycles. The van der Waals surface area contributed by atoms with E-state index in [1.54, 1.807) is 6.92 Å². The maximum Gasteiger partial charge on any atom is 0.279 e. The van der Waals surface area contributed by atoms with Gasteiger partial charge in [0.15, 0.2) is 0 Å². The van der Waals surface area contributed by atoms with Crippen LogP contribution in [0.4, 0.5) is 0 Å². The summed E-state index contributed by atoms with van der Waals surface area (Å²) in [6.45, 7) is 3.35. The predicted octanol–water partition coefficient (Wildman–Crippen LogP) is 2.85. The molecular weight excluding hydrogens is 404 g/mol. The van der Waals surface area contributed by atoms with Gasteiger partial charge in [0.05, 0.1) is 23.4 Å². The van der Waals surface area contributed by atoms with Crippen molar-refractivity contribution in [1.29, 1.82) is 0 Å². The number of aromatic nitrogens is 2. The lowest BCUT2D eigenvalue weighted by Crippen LogP contribution is -2.34. The number of carbonyl (C=O) groups excluding carboxylic acids is 2. The lowest BCUT2D eigenvalue weighted by atomic mass is 10.0.